The van der Waals surface area contributed by atoms with Gasteiger partial charge in [-0.3, -0.25) is 23.7 Å². The van der Waals surface area contributed by atoms with Crippen LogP contribution in [0.15, 0.2) is 20.9 Å². The summed E-state index contributed by atoms with van der Waals surface area (Å²) in [5, 5.41) is 16.0. The number of aliphatic hydroxyl groups excluding tert-OH is 1. The van der Waals surface area contributed by atoms with Gasteiger partial charge in [0.05, 0.1) is 32.5 Å². The SMILES string of the molecule is CC(N=[N+]=[N-])OCCOCC(=O)NCC#Cc1cn(C2CC(O)C(COP(C)(C)=O)O2)c(=O)[nH]c1=O. The summed E-state index contributed by atoms with van der Waals surface area (Å²) in [6.07, 6.45) is -2.03. The van der Waals surface area contributed by atoms with E-state index in [1.807, 2.05) is 0 Å². The monoisotopic (exact) mass is 528 g/mol. The molecule has 198 valence electrons. The number of amides is 1. The van der Waals surface area contributed by atoms with Gasteiger partial charge >= 0.3 is 5.69 Å². The third kappa shape index (κ3) is 9.96. The highest BCUT2D eigenvalue weighted by atomic mass is 31.2. The van der Waals surface area contributed by atoms with Crippen LogP contribution in [-0.4, -0.2) is 85.3 Å². The van der Waals surface area contributed by atoms with Gasteiger partial charge in [0.15, 0.2) is 7.37 Å². The third-order valence-electron chi connectivity index (χ3n) is 4.66. The molecule has 1 saturated heterocycles. The molecule has 2 rings (SSSR count). The molecule has 4 atom stereocenters. The predicted octanol–water partition coefficient (Wildman–Crippen LogP) is -0.103. The van der Waals surface area contributed by atoms with Crippen LogP contribution in [0.25, 0.3) is 10.4 Å². The predicted molar refractivity (Wildman–Crippen MR) is 127 cm³/mol. The maximum Gasteiger partial charge on any atom is 0.330 e. The maximum atomic E-state index is 12.3. The van der Waals surface area contributed by atoms with Crippen molar-refractivity contribution in [2.45, 2.75) is 38.0 Å². The number of azide groups is 1. The molecule has 0 saturated carbocycles. The van der Waals surface area contributed by atoms with E-state index in [4.69, 9.17) is 24.3 Å². The highest BCUT2D eigenvalue weighted by Crippen LogP contribution is 2.39. The maximum absolute atomic E-state index is 12.3. The zero-order valence-corrected chi connectivity index (χ0v) is 21.0. The first-order chi connectivity index (χ1) is 17.0. The minimum atomic E-state index is -2.78. The molecule has 0 aromatic carbocycles. The zero-order chi connectivity index (χ0) is 26.7. The second kappa shape index (κ2) is 14.0. The number of aliphatic hydroxyl groups is 1. The molecule has 1 aromatic rings. The summed E-state index contributed by atoms with van der Waals surface area (Å²) in [6, 6.07) is 0. The molecular weight excluding hydrogens is 499 g/mol. The summed E-state index contributed by atoms with van der Waals surface area (Å²) in [5.41, 5.74) is 6.75. The number of nitrogens with zero attached hydrogens (tertiary/aromatic N) is 4. The first-order valence-corrected chi connectivity index (χ1v) is 13.4. The van der Waals surface area contributed by atoms with Crippen LogP contribution >= 0.6 is 7.37 Å². The van der Waals surface area contributed by atoms with Gasteiger partial charge in [-0.2, -0.15) is 0 Å². The van der Waals surface area contributed by atoms with Crippen LogP contribution in [0.1, 0.15) is 25.1 Å². The smallest absolute Gasteiger partial charge is 0.330 e. The van der Waals surface area contributed by atoms with Crippen LogP contribution in [0.5, 0.6) is 0 Å². The summed E-state index contributed by atoms with van der Waals surface area (Å²) in [7, 11) is -2.78. The summed E-state index contributed by atoms with van der Waals surface area (Å²) < 4.78 is 34.0. The van der Waals surface area contributed by atoms with Crippen molar-refractivity contribution in [2.24, 2.45) is 5.11 Å². The van der Waals surface area contributed by atoms with Crippen molar-refractivity contribution in [1.29, 1.82) is 0 Å². The third-order valence-corrected chi connectivity index (χ3v) is 5.43. The summed E-state index contributed by atoms with van der Waals surface area (Å²) >= 11 is 0. The molecular formula is C20H29N6O9P. The minimum absolute atomic E-state index is 0.0456. The molecule has 0 bridgehead atoms. The van der Waals surface area contributed by atoms with Gasteiger partial charge in [0.1, 0.15) is 30.7 Å². The van der Waals surface area contributed by atoms with Crippen LogP contribution < -0.4 is 16.6 Å². The molecule has 0 radical (unpaired) electrons. The fraction of sp³-hybridized carbons (Fsp3) is 0.650. The molecule has 0 spiro atoms. The highest BCUT2D eigenvalue weighted by Gasteiger charge is 2.36. The van der Waals surface area contributed by atoms with Gasteiger partial charge in [-0.15, -0.1) is 0 Å². The van der Waals surface area contributed by atoms with Gasteiger partial charge < -0.3 is 29.2 Å². The highest BCUT2D eigenvalue weighted by molar-refractivity contribution is 7.57. The quantitative estimate of drug-likeness (QED) is 0.0825. The minimum Gasteiger partial charge on any atom is -0.390 e. The Kier molecular flexibility index (Phi) is 11.4. The number of rotatable bonds is 12. The molecule has 36 heavy (non-hydrogen) atoms. The van der Waals surface area contributed by atoms with Gasteiger partial charge in [-0.1, -0.05) is 17.0 Å². The van der Waals surface area contributed by atoms with E-state index < -0.39 is 49.2 Å². The van der Waals surface area contributed by atoms with E-state index in [1.54, 1.807) is 6.92 Å². The number of H-pyrrole nitrogens is 1. The topological polar surface area (TPSA) is 207 Å². The molecule has 4 unspecified atom stereocenters. The van der Waals surface area contributed by atoms with E-state index in [1.165, 1.54) is 19.5 Å². The fourth-order valence-corrected chi connectivity index (χ4v) is 3.46. The zero-order valence-electron chi connectivity index (χ0n) is 20.1. The normalized spacial score (nSPS) is 20.2. The van der Waals surface area contributed by atoms with E-state index in [2.05, 4.69) is 32.2 Å². The van der Waals surface area contributed by atoms with Crippen molar-refractivity contribution in [1.82, 2.24) is 14.9 Å². The van der Waals surface area contributed by atoms with Crippen molar-refractivity contribution in [3.63, 3.8) is 0 Å². The van der Waals surface area contributed by atoms with E-state index >= 15 is 0 Å². The molecule has 0 aliphatic carbocycles. The van der Waals surface area contributed by atoms with Gasteiger partial charge in [0.2, 0.25) is 5.91 Å². The average Bonchev–Trinajstić information content (AvgIpc) is 3.16. The molecule has 3 N–H and O–H groups in total. The van der Waals surface area contributed by atoms with E-state index in [0.29, 0.717) is 0 Å². The number of nitrogens with one attached hydrogen (secondary N) is 2. The van der Waals surface area contributed by atoms with Crippen molar-refractivity contribution < 1.29 is 33.2 Å². The Bertz CT molecular complexity index is 1180. The number of carbonyl (C=O) groups is 1. The van der Waals surface area contributed by atoms with E-state index in [-0.39, 0.29) is 45.0 Å². The fourth-order valence-electron chi connectivity index (χ4n) is 2.96. The first kappa shape index (κ1) is 29.3. The largest absolute Gasteiger partial charge is 0.390 e. The van der Waals surface area contributed by atoms with Crippen LogP contribution in [0.2, 0.25) is 0 Å². The van der Waals surface area contributed by atoms with Crippen molar-refractivity contribution >= 4 is 13.3 Å². The average molecular weight is 528 g/mol. The van der Waals surface area contributed by atoms with Gasteiger partial charge in [0, 0.05) is 30.9 Å². The van der Waals surface area contributed by atoms with Crippen molar-refractivity contribution in [3.05, 3.63) is 43.0 Å². The number of hydrogen-bond acceptors (Lipinski definition) is 10. The first-order valence-electron chi connectivity index (χ1n) is 10.9. The Balaban J connectivity index is 1.88. The van der Waals surface area contributed by atoms with Gasteiger partial charge in [-0.05, 0) is 12.5 Å². The Morgan fingerprint density at radius 2 is 2.22 bits per heavy atom. The second-order valence-electron chi connectivity index (χ2n) is 8.00. The standard InChI is InChI=1S/C20H29N6O9P/c1-13(24-25-21)33-8-7-32-12-17(28)22-6-4-5-14-10-26(20(30)23-19(14)29)18-9-15(27)16(35-18)11-34-36(2,3)31/h10,13,15-16,18,27H,6-9,11-12H2,1-3H3,(H,22,28)(H,23,29,30). The van der Waals surface area contributed by atoms with Gasteiger partial charge in [0.25, 0.3) is 5.56 Å². The second-order valence-corrected chi connectivity index (χ2v) is 10.8. The molecule has 16 heteroatoms. The lowest BCUT2D eigenvalue weighted by Crippen LogP contribution is -2.34. The molecule has 2 heterocycles. The van der Waals surface area contributed by atoms with Crippen LogP contribution in [0, 0.1) is 11.8 Å². The summed E-state index contributed by atoms with van der Waals surface area (Å²) in [5.74, 6) is 4.74. The lowest BCUT2D eigenvalue weighted by molar-refractivity contribution is -0.126. The lowest BCUT2D eigenvalue weighted by atomic mass is 10.2. The molecule has 1 fully saturated rings. The molecule has 15 nitrogen and oxygen atoms in total. The number of aromatic nitrogens is 2. The summed E-state index contributed by atoms with van der Waals surface area (Å²) in [4.78, 5) is 40.9. The molecule has 1 aliphatic rings. The number of hydrogen-bond donors (Lipinski definition) is 3. The molecule has 1 aliphatic heterocycles. The Hall–Kier alpha value is -2.95. The van der Waals surface area contributed by atoms with Crippen molar-refractivity contribution in [3.8, 4) is 11.8 Å². The molecule has 1 amide bonds. The van der Waals surface area contributed by atoms with Crippen LogP contribution in [-0.2, 0) is 28.1 Å². The molecule has 1 aromatic heterocycles. The van der Waals surface area contributed by atoms with Crippen LogP contribution in [0.3, 0.4) is 0 Å². The van der Waals surface area contributed by atoms with E-state index in [0.717, 1.165) is 4.57 Å². The Morgan fingerprint density at radius 3 is 2.92 bits per heavy atom. The Morgan fingerprint density at radius 1 is 1.47 bits per heavy atom. The summed E-state index contributed by atoms with van der Waals surface area (Å²) in [6.45, 7) is 4.24. The van der Waals surface area contributed by atoms with E-state index in [9.17, 15) is 24.1 Å². The van der Waals surface area contributed by atoms with Gasteiger partial charge in [-0.25, -0.2) is 4.79 Å². The van der Waals surface area contributed by atoms with Crippen LogP contribution in [0.4, 0.5) is 0 Å². The lowest BCUT2D eigenvalue weighted by Gasteiger charge is -2.17. The number of aromatic amines is 1. The Labute approximate surface area is 206 Å². The number of carbonyl (C=O) groups excluding carboxylic acids is 1. The number of ether oxygens (including phenoxy) is 3. The van der Waals surface area contributed by atoms with Crippen molar-refractivity contribution in [2.75, 3.05) is 46.3 Å².